The van der Waals surface area contributed by atoms with E-state index in [1.165, 1.54) is 0 Å². The molecule has 3 heterocycles. The summed E-state index contributed by atoms with van der Waals surface area (Å²) >= 11 is 0. The summed E-state index contributed by atoms with van der Waals surface area (Å²) < 4.78 is 4.57. The van der Waals surface area contributed by atoms with E-state index in [2.05, 4.69) is 160 Å². The van der Waals surface area contributed by atoms with Crippen molar-refractivity contribution in [2.24, 2.45) is 0 Å². The minimum absolute atomic E-state index is 0.433. The Morgan fingerprint density at radius 1 is 0.351 bits per heavy atom. The molecular weight excluding hydrogens is 905 g/mol. The van der Waals surface area contributed by atoms with E-state index in [1.54, 1.807) is 0 Å². The second-order valence-electron chi connectivity index (χ2n) is 18.1. The van der Waals surface area contributed by atoms with Gasteiger partial charge in [0.05, 0.1) is 51.9 Å². The lowest BCUT2D eigenvalue weighted by Gasteiger charge is -2.17. The third-order valence-electron chi connectivity index (χ3n) is 13.9. The first-order valence-electron chi connectivity index (χ1n) is 24.2. The van der Waals surface area contributed by atoms with E-state index in [4.69, 9.17) is 21.5 Å². The van der Waals surface area contributed by atoms with Crippen LogP contribution in [0.3, 0.4) is 0 Å². The van der Waals surface area contributed by atoms with Crippen LogP contribution < -0.4 is 0 Å². The minimum atomic E-state index is 0.433. The molecule has 8 heteroatoms. The molecule has 0 saturated heterocycles. The average molecular weight is 943 g/mol. The van der Waals surface area contributed by atoms with Crippen LogP contribution in [0.4, 0.5) is 5.69 Å². The maximum atomic E-state index is 10.2. The minimum Gasteiger partial charge on any atom is -0.309 e. The molecule has 0 saturated carbocycles. The summed E-state index contributed by atoms with van der Waals surface area (Å²) in [5.74, 6) is 1.31. The van der Waals surface area contributed by atoms with Crippen LogP contribution in [-0.2, 0) is 0 Å². The normalized spacial score (nSPS) is 11.2. The fraction of sp³-hybridized carbons (Fsp3) is 0. The Kier molecular flexibility index (Phi) is 10.5. The number of hydrogen-bond acceptors (Lipinski definition) is 5. The average Bonchev–Trinajstić information content (AvgIpc) is 4.03. The molecule has 342 valence electrons. The highest BCUT2D eigenvalue weighted by Gasteiger charge is 2.22. The molecule has 8 nitrogen and oxygen atoms in total. The first-order valence-corrected chi connectivity index (χ1v) is 24.2. The van der Waals surface area contributed by atoms with Gasteiger partial charge in [-0.15, -0.1) is 0 Å². The summed E-state index contributed by atoms with van der Waals surface area (Å²) in [6.45, 7) is 8.01. The van der Waals surface area contributed by atoms with Crippen molar-refractivity contribution >= 4 is 49.3 Å². The van der Waals surface area contributed by atoms with Crippen molar-refractivity contribution in [3.63, 3.8) is 0 Å². The molecule has 13 aromatic rings. The summed E-state index contributed by atoms with van der Waals surface area (Å²) in [5.41, 5.74) is 15.1. The maximum absolute atomic E-state index is 10.2. The first kappa shape index (κ1) is 43.3. The van der Waals surface area contributed by atoms with Crippen LogP contribution in [0.15, 0.2) is 231 Å². The van der Waals surface area contributed by atoms with Crippen LogP contribution in [0.25, 0.3) is 127 Å². The van der Waals surface area contributed by atoms with Crippen molar-refractivity contribution < 1.29 is 0 Å². The highest BCUT2D eigenvalue weighted by molar-refractivity contribution is 6.10. The Labute approximate surface area is 426 Å². The number of hydrogen-bond donors (Lipinski definition) is 0. The Bertz CT molecular complexity index is 4190. The Morgan fingerprint density at radius 2 is 0.811 bits per heavy atom. The Balaban J connectivity index is 1.07. The van der Waals surface area contributed by atoms with Crippen molar-refractivity contribution in [3.8, 4) is 91.1 Å². The Morgan fingerprint density at radius 3 is 1.32 bits per heavy atom. The quantitative estimate of drug-likeness (QED) is 0.141. The number of aromatic nitrogens is 5. The van der Waals surface area contributed by atoms with Gasteiger partial charge in [-0.25, -0.2) is 19.8 Å². The number of para-hydroxylation sites is 4. The van der Waals surface area contributed by atoms with Gasteiger partial charge in [0.15, 0.2) is 23.2 Å². The number of benzene rings is 10. The third kappa shape index (κ3) is 7.33. The van der Waals surface area contributed by atoms with Gasteiger partial charge in [-0.2, -0.15) is 10.5 Å². The van der Waals surface area contributed by atoms with Crippen LogP contribution in [-0.4, -0.2) is 24.1 Å². The molecule has 0 fully saturated rings. The molecule has 74 heavy (non-hydrogen) atoms. The van der Waals surface area contributed by atoms with Gasteiger partial charge in [-0.1, -0.05) is 146 Å². The van der Waals surface area contributed by atoms with Crippen LogP contribution in [0, 0.1) is 29.2 Å². The predicted molar refractivity (Wildman–Crippen MR) is 297 cm³/mol. The van der Waals surface area contributed by atoms with Crippen LogP contribution in [0.2, 0.25) is 0 Å². The lowest BCUT2D eigenvalue weighted by Crippen LogP contribution is -2.03. The van der Waals surface area contributed by atoms with E-state index >= 15 is 0 Å². The van der Waals surface area contributed by atoms with E-state index < -0.39 is 0 Å². The van der Waals surface area contributed by atoms with Gasteiger partial charge in [0.2, 0.25) is 0 Å². The topological polar surface area (TPSA) is 100 Å². The van der Waals surface area contributed by atoms with Gasteiger partial charge in [-0.05, 0) is 118 Å². The molecule has 0 bridgehead atoms. The van der Waals surface area contributed by atoms with Gasteiger partial charge >= 0.3 is 0 Å². The number of fused-ring (bicyclic) bond motifs is 6. The van der Waals surface area contributed by atoms with Crippen molar-refractivity contribution in [3.05, 3.63) is 253 Å². The molecule has 10 aromatic carbocycles. The lowest BCUT2D eigenvalue weighted by atomic mass is 9.96. The largest absolute Gasteiger partial charge is 0.309 e. The molecule has 13 rings (SSSR count). The SMILES string of the molecule is [C-]#[N+]c1cccc(-c2cc(-n3c4ccccc4c4ccccc43)ccc2-c2nc(-c3ccc(-c4ccccc4C#N)cc3)nc(-c3ccc(-n4c5ccccc5c5ccccc54)cc3-c3cccc(C#N)c3)n2)c1. The van der Waals surface area contributed by atoms with Crippen molar-refractivity contribution in [2.45, 2.75) is 0 Å². The van der Waals surface area contributed by atoms with Crippen molar-refractivity contribution in [2.75, 3.05) is 0 Å². The summed E-state index contributed by atoms with van der Waals surface area (Å²) in [6, 6.07) is 82.0. The first-order chi connectivity index (χ1) is 36.5. The lowest BCUT2D eigenvalue weighted by molar-refractivity contribution is 1.07. The zero-order valence-corrected chi connectivity index (χ0v) is 39.5. The van der Waals surface area contributed by atoms with Crippen molar-refractivity contribution in [1.82, 2.24) is 24.1 Å². The van der Waals surface area contributed by atoms with Gasteiger partial charge < -0.3 is 9.13 Å². The molecule has 0 unspecified atom stereocenters. The van der Waals surface area contributed by atoms with Crippen LogP contribution in [0.5, 0.6) is 0 Å². The zero-order chi connectivity index (χ0) is 49.7. The monoisotopic (exact) mass is 942 g/mol. The van der Waals surface area contributed by atoms with E-state index in [0.717, 1.165) is 105 Å². The molecular formula is C66H38N8. The predicted octanol–water partition coefficient (Wildman–Crippen LogP) is 16.4. The molecule has 0 aliphatic carbocycles. The molecule has 0 spiro atoms. The Hall–Kier alpha value is -10.7. The highest BCUT2D eigenvalue weighted by atomic mass is 15.0. The molecule has 0 atom stereocenters. The zero-order valence-electron chi connectivity index (χ0n) is 39.5. The third-order valence-corrected chi connectivity index (χ3v) is 13.9. The number of nitrogens with zero attached hydrogens (tertiary/aromatic N) is 8. The van der Waals surface area contributed by atoms with E-state index in [9.17, 15) is 10.5 Å². The van der Waals surface area contributed by atoms with E-state index in [0.29, 0.717) is 34.3 Å². The fourth-order valence-corrected chi connectivity index (χ4v) is 10.5. The number of rotatable bonds is 8. The van der Waals surface area contributed by atoms with E-state index in [1.807, 2.05) is 97.1 Å². The maximum Gasteiger partial charge on any atom is 0.187 e. The van der Waals surface area contributed by atoms with Crippen molar-refractivity contribution in [1.29, 1.82) is 10.5 Å². The molecule has 0 aliphatic rings. The molecule has 0 amide bonds. The number of nitriles is 2. The fourth-order valence-electron chi connectivity index (χ4n) is 10.5. The standard InChI is InChI=1S/C66H38N8/c1-69-48-18-13-17-46(37-48)59-39-50(74-62-26-10-6-22-54(62)55-23-7-11-27-63(55)74)33-35-57(59)66-71-64(44-30-28-43(29-31-44)51-19-3-2-15-47(51)41-68)70-65(72-66)56-34-32-49(38-58(56)45-16-12-14-42(36-45)40-67)73-60-24-8-4-20-52(60)53-21-5-9-25-61(53)73/h2-39H. The summed E-state index contributed by atoms with van der Waals surface area (Å²) in [4.78, 5) is 19.9. The van der Waals surface area contributed by atoms with Gasteiger partial charge in [0.25, 0.3) is 0 Å². The highest BCUT2D eigenvalue weighted by Crippen LogP contribution is 2.41. The molecule has 0 radical (unpaired) electrons. The summed E-state index contributed by atoms with van der Waals surface area (Å²) in [7, 11) is 0. The van der Waals surface area contributed by atoms with Gasteiger partial charge in [0.1, 0.15) is 0 Å². The van der Waals surface area contributed by atoms with E-state index in [-0.39, 0.29) is 0 Å². The summed E-state index contributed by atoms with van der Waals surface area (Å²) in [5, 5.41) is 24.8. The smallest absolute Gasteiger partial charge is 0.187 e. The molecule has 0 aliphatic heterocycles. The van der Waals surface area contributed by atoms with Crippen LogP contribution >= 0.6 is 0 Å². The van der Waals surface area contributed by atoms with Gasteiger partial charge in [0, 0.05) is 49.6 Å². The second kappa shape index (κ2) is 17.9. The molecule has 3 aromatic heterocycles. The summed E-state index contributed by atoms with van der Waals surface area (Å²) in [6.07, 6.45) is 0. The molecule has 0 N–H and O–H groups in total. The van der Waals surface area contributed by atoms with Crippen LogP contribution in [0.1, 0.15) is 11.1 Å². The second-order valence-corrected chi connectivity index (χ2v) is 18.1. The van der Waals surface area contributed by atoms with Gasteiger partial charge in [-0.3, -0.25) is 0 Å².